The normalized spacial score (nSPS) is 11.4. The fourth-order valence-corrected chi connectivity index (χ4v) is 4.84. The second kappa shape index (κ2) is 8.81. The average Bonchev–Trinajstić information content (AvgIpc) is 3.43. The van der Waals surface area contributed by atoms with Crippen molar-refractivity contribution in [2.45, 2.75) is 0 Å². The van der Waals surface area contributed by atoms with Crippen LogP contribution >= 0.6 is 0 Å². The summed E-state index contributed by atoms with van der Waals surface area (Å²) in [5.41, 5.74) is 5.95. The smallest absolute Gasteiger partial charge is 0.328 e. The Morgan fingerprint density at radius 3 is 2.34 bits per heavy atom. The van der Waals surface area contributed by atoms with Gasteiger partial charge in [0, 0.05) is 33.0 Å². The first-order chi connectivity index (χ1) is 18.4. The van der Waals surface area contributed by atoms with Gasteiger partial charge in [-0.2, -0.15) is 0 Å². The number of aromatic nitrogens is 5. The van der Waals surface area contributed by atoms with Crippen LogP contribution in [0.3, 0.4) is 0 Å². The molecule has 188 valence electrons. The molecule has 0 aliphatic rings. The molecule has 0 saturated carbocycles. The summed E-state index contributed by atoms with van der Waals surface area (Å²) in [6.45, 7) is 0. The van der Waals surface area contributed by atoms with E-state index < -0.39 is 11.7 Å². The lowest BCUT2D eigenvalue weighted by Crippen LogP contribution is -2.19. The quantitative estimate of drug-likeness (QED) is 0.383. The van der Waals surface area contributed by atoms with Crippen molar-refractivity contribution in [2.75, 3.05) is 7.05 Å². The molecule has 0 bridgehead atoms. The Bertz CT molecular complexity index is 1930. The lowest BCUT2D eigenvalue weighted by Gasteiger charge is -2.10. The fraction of sp³-hybridized carbons (Fsp3) is 0.103. The second-order valence-electron chi connectivity index (χ2n) is 9.04. The molecule has 3 aromatic heterocycles. The predicted molar refractivity (Wildman–Crippen MR) is 145 cm³/mol. The van der Waals surface area contributed by atoms with Gasteiger partial charge >= 0.3 is 5.69 Å². The summed E-state index contributed by atoms with van der Waals surface area (Å²) in [6.07, 6.45) is 1.71. The van der Waals surface area contributed by atoms with Gasteiger partial charge in [0.05, 0.1) is 27.6 Å². The van der Waals surface area contributed by atoms with E-state index in [-0.39, 0.29) is 11.3 Å². The maximum absolute atomic E-state index is 14.7. The number of benzene rings is 3. The zero-order valence-corrected chi connectivity index (χ0v) is 20.9. The number of carbonyl (C=O) groups is 1. The number of carbonyl (C=O) groups excluding carboxylic acids is 1. The van der Waals surface area contributed by atoms with Gasteiger partial charge in [-0.25, -0.2) is 14.2 Å². The van der Waals surface area contributed by atoms with Crippen LogP contribution in [-0.4, -0.2) is 36.6 Å². The van der Waals surface area contributed by atoms with Crippen molar-refractivity contribution >= 4 is 28.0 Å². The van der Waals surface area contributed by atoms with Crippen molar-refractivity contribution in [1.29, 1.82) is 0 Å². The van der Waals surface area contributed by atoms with Crippen LogP contribution in [0.15, 0.2) is 83.8 Å². The van der Waals surface area contributed by atoms with Gasteiger partial charge in [-0.3, -0.25) is 23.5 Å². The molecule has 0 unspecified atom stereocenters. The summed E-state index contributed by atoms with van der Waals surface area (Å²) in [4.78, 5) is 33.9. The van der Waals surface area contributed by atoms with Crippen LogP contribution < -0.4 is 11.0 Å². The van der Waals surface area contributed by atoms with E-state index in [1.165, 1.54) is 19.2 Å². The van der Waals surface area contributed by atoms with Gasteiger partial charge < -0.3 is 5.32 Å². The number of amides is 1. The molecule has 0 saturated heterocycles. The van der Waals surface area contributed by atoms with Crippen molar-refractivity contribution in [1.82, 2.24) is 29.0 Å². The second-order valence-corrected chi connectivity index (χ2v) is 9.04. The fourth-order valence-electron chi connectivity index (χ4n) is 4.84. The average molecular weight is 507 g/mol. The first-order valence-corrected chi connectivity index (χ1v) is 12.0. The number of nitrogens with one attached hydrogen (secondary N) is 1. The van der Waals surface area contributed by atoms with Gasteiger partial charge in [-0.1, -0.05) is 18.2 Å². The summed E-state index contributed by atoms with van der Waals surface area (Å²) in [7, 11) is 4.97. The van der Waals surface area contributed by atoms with Crippen molar-refractivity contribution in [3.63, 3.8) is 0 Å². The monoisotopic (exact) mass is 506 g/mol. The third-order valence-electron chi connectivity index (χ3n) is 6.84. The molecule has 0 fully saturated rings. The Hall–Kier alpha value is -5.05. The first-order valence-electron chi connectivity index (χ1n) is 12.0. The lowest BCUT2D eigenvalue weighted by molar-refractivity contribution is 0.0959. The standard InChI is InChI=1S/C29H23FN6O2/c1-31-28(37)20-10-7-17(14-21(20)30)18-8-11-24-23(15-18)33-27(22-6-4-5-13-32-22)36(24)19-9-12-25-26(16-19)35(3)29(38)34(25)2/h4-16H,1-3H3,(H,31,37). The number of pyridine rings is 1. The molecule has 6 aromatic rings. The van der Waals surface area contributed by atoms with Crippen molar-refractivity contribution in [2.24, 2.45) is 14.1 Å². The molecule has 8 nitrogen and oxygen atoms in total. The highest BCUT2D eigenvalue weighted by Gasteiger charge is 2.18. The van der Waals surface area contributed by atoms with Gasteiger partial charge in [0.15, 0.2) is 5.82 Å². The van der Waals surface area contributed by atoms with Crippen LogP contribution in [0, 0.1) is 5.82 Å². The molecule has 9 heteroatoms. The summed E-state index contributed by atoms with van der Waals surface area (Å²) in [5, 5.41) is 2.45. The summed E-state index contributed by atoms with van der Waals surface area (Å²) in [6, 6.07) is 21.7. The Morgan fingerprint density at radius 2 is 1.61 bits per heavy atom. The van der Waals surface area contributed by atoms with Crippen LogP contribution in [0.1, 0.15) is 10.4 Å². The van der Waals surface area contributed by atoms with Crippen LogP contribution in [0.25, 0.3) is 50.4 Å². The number of halogens is 1. The maximum atomic E-state index is 14.7. The van der Waals surface area contributed by atoms with Gasteiger partial charge in [0.25, 0.3) is 5.91 Å². The molecular weight excluding hydrogens is 483 g/mol. The molecule has 1 amide bonds. The van der Waals surface area contributed by atoms with E-state index in [1.807, 2.05) is 59.2 Å². The summed E-state index contributed by atoms with van der Waals surface area (Å²) < 4.78 is 19.9. The molecular formula is C29H23FN6O2. The van der Waals surface area contributed by atoms with Gasteiger partial charge in [0.2, 0.25) is 0 Å². The summed E-state index contributed by atoms with van der Waals surface area (Å²) in [5.74, 6) is -0.432. The highest BCUT2D eigenvalue weighted by Crippen LogP contribution is 2.32. The van der Waals surface area contributed by atoms with Crippen LogP contribution in [0.2, 0.25) is 0 Å². The number of hydrogen-bond acceptors (Lipinski definition) is 4. The highest BCUT2D eigenvalue weighted by molar-refractivity contribution is 5.95. The highest BCUT2D eigenvalue weighted by atomic mass is 19.1. The molecule has 1 N–H and O–H groups in total. The topological polar surface area (TPSA) is 86.7 Å². The van der Waals surface area contributed by atoms with Gasteiger partial charge in [-0.05, 0) is 65.7 Å². The zero-order chi connectivity index (χ0) is 26.6. The Kier molecular flexibility index (Phi) is 5.41. The van der Waals surface area contributed by atoms with Gasteiger partial charge in [-0.15, -0.1) is 0 Å². The zero-order valence-electron chi connectivity index (χ0n) is 20.9. The van der Waals surface area contributed by atoms with Crippen LogP contribution in [0.4, 0.5) is 4.39 Å². The minimum absolute atomic E-state index is 0.00949. The number of rotatable bonds is 4. The Morgan fingerprint density at radius 1 is 0.868 bits per heavy atom. The molecule has 6 rings (SSSR count). The predicted octanol–water partition coefficient (Wildman–Crippen LogP) is 4.44. The molecule has 3 aromatic carbocycles. The Labute approximate surface area is 216 Å². The van der Waals surface area contributed by atoms with Crippen molar-refractivity contribution in [3.05, 3.63) is 101 Å². The van der Waals surface area contributed by atoms with E-state index in [2.05, 4.69) is 10.3 Å². The number of hydrogen-bond donors (Lipinski definition) is 1. The molecule has 0 atom stereocenters. The van der Waals surface area contributed by atoms with E-state index in [4.69, 9.17) is 4.98 Å². The molecule has 38 heavy (non-hydrogen) atoms. The van der Waals surface area contributed by atoms with E-state index in [1.54, 1.807) is 35.5 Å². The minimum Gasteiger partial charge on any atom is -0.355 e. The number of nitrogens with zero attached hydrogens (tertiary/aromatic N) is 5. The largest absolute Gasteiger partial charge is 0.355 e. The van der Waals surface area contributed by atoms with E-state index in [9.17, 15) is 14.0 Å². The van der Waals surface area contributed by atoms with Gasteiger partial charge in [0.1, 0.15) is 11.5 Å². The lowest BCUT2D eigenvalue weighted by atomic mass is 10.0. The van der Waals surface area contributed by atoms with Crippen molar-refractivity contribution < 1.29 is 9.18 Å². The molecule has 0 spiro atoms. The number of fused-ring (bicyclic) bond motifs is 2. The molecule has 3 heterocycles. The maximum Gasteiger partial charge on any atom is 0.328 e. The first kappa shape index (κ1) is 23.4. The molecule has 0 aliphatic carbocycles. The molecule has 0 aliphatic heterocycles. The third kappa shape index (κ3) is 3.59. The van der Waals surface area contributed by atoms with E-state index in [0.29, 0.717) is 22.6 Å². The van der Waals surface area contributed by atoms with E-state index in [0.717, 1.165) is 27.8 Å². The SMILES string of the molecule is CNC(=O)c1ccc(-c2ccc3c(c2)nc(-c2ccccn2)n3-c2ccc3c(c2)n(C)c(=O)n3C)cc1F. The summed E-state index contributed by atoms with van der Waals surface area (Å²) >= 11 is 0. The number of aryl methyl sites for hydroxylation is 2. The third-order valence-corrected chi connectivity index (χ3v) is 6.84. The Balaban J connectivity index is 1.56. The van der Waals surface area contributed by atoms with E-state index >= 15 is 0 Å². The van der Waals surface area contributed by atoms with Crippen LogP contribution in [0.5, 0.6) is 0 Å². The van der Waals surface area contributed by atoms with Crippen molar-refractivity contribution in [3.8, 4) is 28.3 Å². The molecule has 0 radical (unpaired) electrons. The number of imidazole rings is 2. The minimum atomic E-state index is -0.594. The van der Waals surface area contributed by atoms with Crippen LogP contribution in [-0.2, 0) is 14.1 Å².